The van der Waals surface area contributed by atoms with Gasteiger partial charge in [-0.25, -0.2) is 9.97 Å². The van der Waals surface area contributed by atoms with Crippen LogP contribution in [0.5, 0.6) is 0 Å². The van der Waals surface area contributed by atoms with Gasteiger partial charge < -0.3 is 0 Å². The number of hydrogen-bond acceptors (Lipinski definition) is 5. The monoisotopic (exact) mass is 177 g/mol. The largest absolute Gasteiger partial charge is 0.279 e. The summed E-state index contributed by atoms with van der Waals surface area (Å²) in [7, 11) is 1.46. The summed E-state index contributed by atoms with van der Waals surface area (Å²) in [5.41, 5.74) is 2.79. The SMILES string of the molecule is CONC=Nc1ncc(C#N)cn1. The fourth-order valence-electron chi connectivity index (χ4n) is 0.582. The Bertz CT molecular complexity index is 326. The molecule has 0 bridgehead atoms. The van der Waals surface area contributed by atoms with Gasteiger partial charge in [0.25, 0.3) is 5.95 Å². The predicted octanol–water partition coefficient (Wildman–Crippen LogP) is 0.159. The summed E-state index contributed by atoms with van der Waals surface area (Å²) >= 11 is 0. The van der Waals surface area contributed by atoms with Crippen LogP contribution in [0.3, 0.4) is 0 Å². The van der Waals surface area contributed by atoms with E-state index in [4.69, 9.17) is 5.26 Å². The number of nitrogens with one attached hydrogen (secondary N) is 1. The van der Waals surface area contributed by atoms with Crippen LogP contribution in [0.4, 0.5) is 5.95 Å². The summed E-state index contributed by atoms with van der Waals surface area (Å²) in [5, 5.41) is 8.44. The maximum atomic E-state index is 8.44. The quantitative estimate of drug-likeness (QED) is 0.404. The van der Waals surface area contributed by atoms with Gasteiger partial charge in [0.05, 0.1) is 25.1 Å². The van der Waals surface area contributed by atoms with E-state index >= 15 is 0 Å². The van der Waals surface area contributed by atoms with Gasteiger partial charge in [0.15, 0.2) is 0 Å². The van der Waals surface area contributed by atoms with Crippen molar-refractivity contribution in [2.45, 2.75) is 0 Å². The van der Waals surface area contributed by atoms with Crippen molar-refractivity contribution in [2.75, 3.05) is 7.11 Å². The van der Waals surface area contributed by atoms with Gasteiger partial charge in [0.2, 0.25) is 0 Å². The highest BCUT2D eigenvalue weighted by atomic mass is 16.6. The number of hydroxylamine groups is 1. The van der Waals surface area contributed by atoms with E-state index < -0.39 is 0 Å². The summed E-state index contributed by atoms with van der Waals surface area (Å²) in [6.07, 6.45) is 4.10. The predicted molar refractivity (Wildman–Crippen MR) is 45.0 cm³/mol. The molecule has 1 aromatic rings. The molecular formula is C7H7N5O. The Balaban J connectivity index is 2.65. The smallest absolute Gasteiger partial charge is 0.250 e. The summed E-state index contributed by atoms with van der Waals surface area (Å²) in [4.78, 5) is 15.9. The van der Waals surface area contributed by atoms with Crippen molar-refractivity contribution >= 4 is 12.3 Å². The molecule has 0 atom stereocenters. The lowest BCUT2D eigenvalue weighted by atomic mass is 10.4. The Morgan fingerprint density at radius 3 is 2.85 bits per heavy atom. The highest BCUT2D eigenvalue weighted by Crippen LogP contribution is 2.00. The summed E-state index contributed by atoms with van der Waals surface area (Å²) in [5.74, 6) is 0.267. The Morgan fingerprint density at radius 1 is 1.62 bits per heavy atom. The molecule has 0 saturated carbocycles. The van der Waals surface area contributed by atoms with E-state index in [0.717, 1.165) is 0 Å². The van der Waals surface area contributed by atoms with Gasteiger partial charge in [0, 0.05) is 0 Å². The van der Waals surface area contributed by atoms with Gasteiger partial charge in [-0.3, -0.25) is 10.3 Å². The van der Waals surface area contributed by atoms with Crippen LogP contribution in [0, 0.1) is 11.3 Å². The number of nitrogens with zero attached hydrogens (tertiary/aromatic N) is 4. The molecule has 0 fully saturated rings. The van der Waals surface area contributed by atoms with E-state index in [1.807, 2.05) is 6.07 Å². The minimum atomic E-state index is 0.267. The molecule has 6 heteroatoms. The highest BCUT2D eigenvalue weighted by Gasteiger charge is 1.92. The molecule has 0 aliphatic carbocycles. The van der Waals surface area contributed by atoms with E-state index in [0.29, 0.717) is 5.56 Å². The second-order valence-electron chi connectivity index (χ2n) is 1.96. The molecule has 13 heavy (non-hydrogen) atoms. The summed E-state index contributed by atoms with van der Waals surface area (Å²) in [6.45, 7) is 0. The van der Waals surface area contributed by atoms with Gasteiger partial charge >= 0.3 is 0 Å². The molecule has 1 heterocycles. The maximum absolute atomic E-state index is 8.44. The number of nitriles is 1. The Kier molecular flexibility index (Phi) is 3.35. The van der Waals surface area contributed by atoms with E-state index in [9.17, 15) is 0 Å². The van der Waals surface area contributed by atoms with Crippen LogP contribution < -0.4 is 5.48 Å². The first-order valence-corrected chi connectivity index (χ1v) is 3.40. The third-order valence-electron chi connectivity index (χ3n) is 1.12. The van der Waals surface area contributed by atoms with E-state index in [2.05, 4.69) is 25.3 Å². The average Bonchev–Trinajstić information content (AvgIpc) is 2.19. The fraction of sp³-hybridized carbons (Fsp3) is 0.143. The van der Waals surface area contributed by atoms with E-state index in [1.54, 1.807) is 0 Å². The Labute approximate surface area is 74.9 Å². The third-order valence-corrected chi connectivity index (χ3v) is 1.12. The zero-order valence-corrected chi connectivity index (χ0v) is 6.93. The minimum Gasteiger partial charge on any atom is -0.279 e. The lowest BCUT2D eigenvalue weighted by Gasteiger charge is -1.92. The normalized spacial score (nSPS) is 9.85. The summed E-state index contributed by atoms with van der Waals surface area (Å²) in [6, 6.07) is 1.90. The standard InChI is InChI=1S/C7H7N5O/c1-13-12-5-11-7-9-3-6(2-8)4-10-7/h3-5H,1H3,(H,9,10,11,12). The topological polar surface area (TPSA) is 83.2 Å². The molecule has 0 saturated heterocycles. The first kappa shape index (κ1) is 9.09. The van der Waals surface area contributed by atoms with Crippen molar-refractivity contribution in [2.24, 2.45) is 4.99 Å². The number of aromatic nitrogens is 2. The average molecular weight is 177 g/mol. The molecule has 0 spiro atoms. The fourth-order valence-corrected chi connectivity index (χ4v) is 0.582. The third kappa shape index (κ3) is 2.84. The maximum Gasteiger partial charge on any atom is 0.250 e. The summed E-state index contributed by atoms with van der Waals surface area (Å²) < 4.78 is 0. The molecule has 0 aliphatic rings. The Hall–Kier alpha value is -2.00. The van der Waals surface area contributed by atoms with E-state index in [-0.39, 0.29) is 5.95 Å². The van der Waals surface area contributed by atoms with Crippen molar-refractivity contribution in [3.8, 4) is 6.07 Å². The van der Waals surface area contributed by atoms with Crippen LogP contribution in [-0.4, -0.2) is 23.4 Å². The number of rotatable bonds is 3. The molecule has 6 nitrogen and oxygen atoms in total. The number of aliphatic imine (C=N–C) groups is 1. The second kappa shape index (κ2) is 4.79. The first-order valence-electron chi connectivity index (χ1n) is 3.40. The van der Waals surface area contributed by atoms with Gasteiger partial charge in [-0.2, -0.15) is 10.3 Å². The number of hydrogen-bond donors (Lipinski definition) is 1. The molecule has 1 rings (SSSR count). The Morgan fingerprint density at radius 2 is 2.31 bits per heavy atom. The molecule has 0 amide bonds. The van der Waals surface area contributed by atoms with Crippen molar-refractivity contribution in [3.05, 3.63) is 18.0 Å². The highest BCUT2D eigenvalue weighted by molar-refractivity contribution is 5.56. The molecule has 1 N–H and O–H groups in total. The van der Waals surface area contributed by atoms with Gasteiger partial charge in [-0.05, 0) is 0 Å². The van der Waals surface area contributed by atoms with E-state index in [1.165, 1.54) is 25.8 Å². The lowest BCUT2D eigenvalue weighted by Crippen LogP contribution is -2.07. The lowest BCUT2D eigenvalue weighted by molar-refractivity contribution is 0.148. The van der Waals surface area contributed by atoms with Gasteiger partial charge in [-0.1, -0.05) is 0 Å². The molecular weight excluding hydrogens is 170 g/mol. The molecule has 1 aromatic heterocycles. The first-order chi connectivity index (χ1) is 6.36. The van der Waals surface area contributed by atoms with Crippen LogP contribution >= 0.6 is 0 Å². The van der Waals surface area contributed by atoms with Crippen LogP contribution in [-0.2, 0) is 4.84 Å². The van der Waals surface area contributed by atoms with Gasteiger partial charge in [-0.15, -0.1) is 0 Å². The zero-order valence-electron chi connectivity index (χ0n) is 6.93. The molecule has 0 aliphatic heterocycles. The molecule has 0 aromatic carbocycles. The van der Waals surface area contributed by atoms with Crippen molar-refractivity contribution in [3.63, 3.8) is 0 Å². The van der Waals surface area contributed by atoms with Crippen molar-refractivity contribution < 1.29 is 4.84 Å². The van der Waals surface area contributed by atoms with Crippen LogP contribution in [0.15, 0.2) is 17.4 Å². The minimum absolute atomic E-state index is 0.267. The molecule has 66 valence electrons. The van der Waals surface area contributed by atoms with Crippen molar-refractivity contribution in [1.29, 1.82) is 5.26 Å². The van der Waals surface area contributed by atoms with Crippen LogP contribution in [0.25, 0.3) is 0 Å². The van der Waals surface area contributed by atoms with Crippen LogP contribution in [0.2, 0.25) is 0 Å². The second-order valence-corrected chi connectivity index (χ2v) is 1.96. The van der Waals surface area contributed by atoms with Gasteiger partial charge in [0.1, 0.15) is 12.4 Å². The van der Waals surface area contributed by atoms with Crippen LogP contribution in [0.1, 0.15) is 5.56 Å². The van der Waals surface area contributed by atoms with Crippen molar-refractivity contribution in [1.82, 2.24) is 15.4 Å². The zero-order chi connectivity index (χ0) is 9.52. The molecule has 0 radical (unpaired) electrons. The molecule has 0 unspecified atom stereocenters.